The molecule has 0 aliphatic heterocycles. The molecule has 0 atom stereocenters. The van der Waals surface area contributed by atoms with Crippen molar-refractivity contribution in [3.8, 4) is 5.75 Å². The highest BCUT2D eigenvalue weighted by Gasteiger charge is 2.11. The average molecular weight is 306 g/mol. The molecule has 76 valence electrons. The average Bonchev–Trinajstić information content (AvgIpc) is 2.08. The zero-order chi connectivity index (χ0) is 10.7. The van der Waals surface area contributed by atoms with Crippen LogP contribution in [0.4, 0.5) is 0 Å². The van der Waals surface area contributed by atoms with Crippen LogP contribution in [0.3, 0.4) is 0 Å². The fourth-order valence-electron chi connectivity index (χ4n) is 0.953. The summed E-state index contributed by atoms with van der Waals surface area (Å²) in [5, 5.41) is 11.0. The Morgan fingerprint density at radius 3 is 2.71 bits per heavy atom. The molecule has 0 spiro atoms. The maximum absolute atomic E-state index is 11.5. The number of benzene rings is 1. The number of hydrazine groups is 1. The Labute approximate surface area is 96.0 Å². The monoisotopic (exact) mass is 306 g/mol. The molecule has 1 aromatic rings. The van der Waals surface area contributed by atoms with Crippen molar-refractivity contribution in [3.05, 3.63) is 27.3 Å². The molecule has 0 saturated carbocycles. The van der Waals surface area contributed by atoms with Crippen molar-refractivity contribution in [3.63, 3.8) is 0 Å². The zero-order valence-corrected chi connectivity index (χ0v) is 10.1. The Bertz CT molecular complexity index is 353. The number of rotatable bonds is 2. The Hall–Kier alpha value is -0.820. The number of carbonyl (C=O) groups is 1. The van der Waals surface area contributed by atoms with Gasteiger partial charge in [-0.05, 0) is 40.8 Å². The van der Waals surface area contributed by atoms with E-state index in [2.05, 4.69) is 28.0 Å². The van der Waals surface area contributed by atoms with Crippen molar-refractivity contribution in [2.45, 2.75) is 0 Å². The van der Waals surface area contributed by atoms with Crippen LogP contribution in [-0.4, -0.2) is 30.1 Å². The molecule has 0 aromatic heterocycles. The first-order valence-corrected chi connectivity index (χ1v) is 5.05. The van der Waals surface area contributed by atoms with Crippen LogP contribution in [0.5, 0.6) is 5.75 Å². The summed E-state index contributed by atoms with van der Waals surface area (Å²) in [7, 11) is 3.42. The molecule has 1 amide bonds. The van der Waals surface area contributed by atoms with Gasteiger partial charge in [-0.1, -0.05) is 0 Å². The van der Waals surface area contributed by atoms with Crippen LogP contribution in [0.15, 0.2) is 18.2 Å². The number of nitrogens with one attached hydrogen (secondary N) is 1. The SMILES string of the molecule is CN(C)NC(=O)c1cc(I)ccc1O. The fraction of sp³-hybridized carbons (Fsp3) is 0.222. The Kier molecular flexibility index (Phi) is 3.70. The molecule has 0 unspecified atom stereocenters. The molecule has 4 nitrogen and oxygen atoms in total. The first-order valence-electron chi connectivity index (χ1n) is 3.97. The lowest BCUT2D eigenvalue weighted by molar-refractivity contribution is 0.0854. The minimum absolute atomic E-state index is 0.00948. The number of phenolic OH excluding ortho intramolecular Hbond substituents is 1. The van der Waals surface area contributed by atoms with Gasteiger partial charge in [0, 0.05) is 17.7 Å². The number of aromatic hydroxyl groups is 1. The van der Waals surface area contributed by atoms with E-state index in [0.29, 0.717) is 0 Å². The van der Waals surface area contributed by atoms with Crippen molar-refractivity contribution >= 4 is 28.5 Å². The summed E-state index contributed by atoms with van der Waals surface area (Å²) in [5.41, 5.74) is 2.84. The maximum Gasteiger partial charge on any atom is 0.269 e. The topological polar surface area (TPSA) is 52.6 Å². The minimum Gasteiger partial charge on any atom is -0.507 e. The predicted molar refractivity (Wildman–Crippen MR) is 62.0 cm³/mol. The number of carbonyl (C=O) groups excluding carboxylic acids is 1. The molecule has 14 heavy (non-hydrogen) atoms. The van der Waals surface area contributed by atoms with E-state index in [1.54, 1.807) is 26.2 Å². The lowest BCUT2D eigenvalue weighted by Gasteiger charge is -2.12. The van der Waals surface area contributed by atoms with E-state index >= 15 is 0 Å². The van der Waals surface area contributed by atoms with E-state index in [-0.39, 0.29) is 17.2 Å². The van der Waals surface area contributed by atoms with Gasteiger partial charge >= 0.3 is 0 Å². The standard InChI is InChI=1S/C9H11IN2O2/c1-12(2)11-9(14)7-5-6(10)3-4-8(7)13/h3-5,13H,1-2H3,(H,11,14). The molecule has 0 radical (unpaired) electrons. The number of halogens is 1. The molecule has 2 N–H and O–H groups in total. The lowest BCUT2D eigenvalue weighted by Crippen LogP contribution is -2.36. The Morgan fingerprint density at radius 2 is 2.14 bits per heavy atom. The molecule has 0 aliphatic carbocycles. The van der Waals surface area contributed by atoms with Crippen molar-refractivity contribution < 1.29 is 9.90 Å². The number of phenols is 1. The van der Waals surface area contributed by atoms with E-state index < -0.39 is 0 Å². The second-order valence-electron chi connectivity index (χ2n) is 3.00. The van der Waals surface area contributed by atoms with E-state index in [1.165, 1.54) is 11.1 Å². The van der Waals surface area contributed by atoms with Gasteiger partial charge in [0.2, 0.25) is 0 Å². The smallest absolute Gasteiger partial charge is 0.269 e. The first kappa shape index (κ1) is 11.3. The van der Waals surface area contributed by atoms with Gasteiger partial charge in [-0.3, -0.25) is 10.2 Å². The van der Waals surface area contributed by atoms with Gasteiger partial charge in [-0.25, -0.2) is 5.01 Å². The molecule has 5 heteroatoms. The van der Waals surface area contributed by atoms with Crippen LogP contribution >= 0.6 is 22.6 Å². The van der Waals surface area contributed by atoms with Crippen molar-refractivity contribution in [1.29, 1.82) is 0 Å². The summed E-state index contributed by atoms with van der Waals surface area (Å²) in [4.78, 5) is 11.5. The molecule has 0 heterocycles. The normalized spacial score (nSPS) is 10.3. The highest BCUT2D eigenvalue weighted by Crippen LogP contribution is 2.19. The van der Waals surface area contributed by atoms with Gasteiger partial charge in [0.25, 0.3) is 5.91 Å². The van der Waals surface area contributed by atoms with E-state index in [1.807, 2.05) is 0 Å². The largest absolute Gasteiger partial charge is 0.507 e. The summed E-state index contributed by atoms with van der Waals surface area (Å²) < 4.78 is 0.907. The second-order valence-corrected chi connectivity index (χ2v) is 4.24. The first-order chi connectivity index (χ1) is 6.50. The summed E-state index contributed by atoms with van der Waals surface area (Å²) in [5.74, 6) is -0.323. The van der Waals surface area contributed by atoms with Gasteiger partial charge in [0.1, 0.15) is 5.75 Å². The Morgan fingerprint density at radius 1 is 1.50 bits per heavy atom. The molecule has 0 saturated heterocycles. The van der Waals surface area contributed by atoms with Crippen LogP contribution < -0.4 is 5.43 Å². The number of nitrogens with zero attached hydrogens (tertiary/aromatic N) is 1. The van der Waals surface area contributed by atoms with Crippen LogP contribution in [0, 0.1) is 3.57 Å². The molecule has 0 aliphatic rings. The van der Waals surface area contributed by atoms with Crippen LogP contribution in [0.2, 0.25) is 0 Å². The molecule has 1 aromatic carbocycles. The summed E-state index contributed by atoms with van der Waals surface area (Å²) in [6.07, 6.45) is 0. The third-order valence-corrected chi connectivity index (χ3v) is 2.20. The Balaban J connectivity index is 2.94. The van der Waals surface area contributed by atoms with Gasteiger partial charge in [0.05, 0.1) is 5.56 Å². The number of amides is 1. The summed E-state index contributed by atoms with van der Waals surface area (Å²) >= 11 is 2.08. The summed E-state index contributed by atoms with van der Waals surface area (Å²) in [6, 6.07) is 4.88. The van der Waals surface area contributed by atoms with E-state index in [0.717, 1.165) is 3.57 Å². The van der Waals surface area contributed by atoms with Crippen LogP contribution in [-0.2, 0) is 0 Å². The fourth-order valence-corrected chi connectivity index (χ4v) is 1.44. The van der Waals surface area contributed by atoms with Gasteiger partial charge in [-0.15, -0.1) is 0 Å². The van der Waals surface area contributed by atoms with E-state index in [4.69, 9.17) is 0 Å². The summed E-state index contributed by atoms with van der Waals surface area (Å²) in [6.45, 7) is 0. The number of hydrogen-bond donors (Lipinski definition) is 2. The van der Waals surface area contributed by atoms with Crippen molar-refractivity contribution in [1.82, 2.24) is 10.4 Å². The molecular weight excluding hydrogens is 295 g/mol. The van der Waals surface area contributed by atoms with Gasteiger partial charge < -0.3 is 5.11 Å². The third kappa shape index (κ3) is 2.85. The minimum atomic E-state index is -0.314. The lowest BCUT2D eigenvalue weighted by atomic mass is 10.2. The van der Waals surface area contributed by atoms with Gasteiger partial charge in [-0.2, -0.15) is 0 Å². The van der Waals surface area contributed by atoms with Crippen LogP contribution in [0.25, 0.3) is 0 Å². The molecule has 1 rings (SSSR count). The quantitative estimate of drug-likeness (QED) is 0.638. The molecule has 0 bridgehead atoms. The van der Waals surface area contributed by atoms with Gasteiger partial charge in [0.15, 0.2) is 0 Å². The van der Waals surface area contributed by atoms with Crippen molar-refractivity contribution in [2.24, 2.45) is 0 Å². The zero-order valence-electron chi connectivity index (χ0n) is 7.91. The highest BCUT2D eigenvalue weighted by molar-refractivity contribution is 14.1. The second kappa shape index (κ2) is 4.61. The van der Waals surface area contributed by atoms with Crippen molar-refractivity contribution in [2.75, 3.05) is 14.1 Å². The van der Waals surface area contributed by atoms with E-state index in [9.17, 15) is 9.90 Å². The maximum atomic E-state index is 11.5. The molecular formula is C9H11IN2O2. The third-order valence-electron chi connectivity index (χ3n) is 1.53. The highest BCUT2D eigenvalue weighted by atomic mass is 127. The number of hydrogen-bond acceptors (Lipinski definition) is 3. The van der Waals surface area contributed by atoms with Crippen LogP contribution in [0.1, 0.15) is 10.4 Å². The molecule has 0 fully saturated rings. The predicted octanol–water partition coefficient (Wildman–Crippen LogP) is 1.20.